The van der Waals surface area contributed by atoms with Gasteiger partial charge in [0.15, 0.2) is 0 Å². The first-order valence-electron chi connectivity index (χ1n) is 4.25. The quantitative estimate of drug-likeness (QED) is 0.717. The van der Waals surface area contributed by atoms with Crippen LogP contribution in [0.25, 0.3) is 17.0 Å². The number of aliphatic hydroxyl groups is 1. The molecule has 0 aliphatic rings. The second-order valence-corrected chi connectivity index (χ2v) is 2.87. The van der Waals surface area contributed by atoms with E-state index in [4.69, 9.17) is 5.11 Å². The second-order valence-electron chi connectivity index (χ2n) is 2.87. The normalized spacial score (nSPS) is 11.5. The summed E-state index contributed by atoms with van der Waals surface area (Å²) in [5.41, 5.74) is 2.23. The third kappa shape index (κ3) is 1.48. The smallest absolute Gasteiger partial charge is 0.0615 e. The molecule has 1 aromatic carbocycles. The van der Waals surface area contributed by atoms with E-state index in [9.17, 15) is 0 Å². The van der Waals surface area contributed by atoms with E-state index in [2.05, 4.69) is 11.1 Å². The van der Waals surface area contributed by atoms with Gasteiger partial charge in [0.1, 0.15) is 0 Å². The molecular formula is C11H11NO. The molecule has 2 aromatic rings. The molecule has 2 N–H and O–H groups in total. The van der Waals surface area contributed by atoms with Gasteiger partial charge in [-0.2, -0.15) is 0 Å². The standard InChI is InChI=1S/C11H11NO/c13-8-2-5-9-3-1-4-10-6-7-12-11(9)10/h1-7,12-13H,8H2/b5-2+. The molecule has 0 amide bonds. The number of hydrogen-bond donors (Lipinski definition) is 2. The Bertz CT molecular complexity index is 428. The molecule has 0 spiro atoms. The number of nitrogens with one attached hydrogen (secondary N) is 1. The zero-order valence-electron chi connectivity index (χ0n) is 7.20. The van der Waals surface area contributed by atoms with Crippen LogP contribution in [0, 0.1) is 0 Å². The molecule has 0 aliphatic carbocycles. The second kappa shape index (κ2) is 3.46. The van der Waals surface area contributed by atoms with E-state index in [-0.39, 0.29) is 6.61 Å². The Morgan fingerprint density at radius 1 is 1.31 bits per heavy atom. The molecule has 0 saturated heterocycles. The van der Waals surface area contributed by atoms with E-state index >= 15 is 0 Å². The fourth-order valence-corrected chi connectivity index (χ4v) is 1.43. The zero-order chi connectivity index (χ0) is 9.10. The lowest BCUT2D eigenvalue weighted by atomic mass is 10.1. The van der Waals surface area contributed by atoms with Gasteiger partial charge in [-0.1, -0.05) is 30.4 Å². The Hall–Kier alpha value is -1.54. The maximum absolute atomic E-state index is 8.65. The van der Waals surface area contributed by atoms with Crippen LogP contribution in [0.2, 0.25) is 0 Å². The predicted octanol–water partition coefficient (Wildman–Crippen LogP) is 2.17. The van der Waals surface area contributed by atoms with Crippen molar-refractivity contribution in [3.8, 4) is 0 Å². The Balaban J connectivity index is 2.54. The van der Waals surface area contributed by atoms with E-state index in [1.807, 2.05) is 30.5 Å². The summed E-state index contributed by atoms with van der Waals surface area (Å²) in [6.07, 6.45) is 5.56. The van der Waals surface area contributed by atoms with Crippen LogP contribution in [-0.2, 0) is 0 Å². The Morgan fingerprint density at radius 3 is 3.08 bits per heavy atom. The van der Waals surface area contributed by atoms with Crippen molar-refractivity contribution in [1.82, 2.24) is 4.98 Å². The minimum Gasteiger partial charge on any atom is -0.392 e. The Labute approximate surface area is 76.5 Å². The first-order chi connectivity index (χ1) is 6.42. The number of aliphatic hydroxyl groups excluding tert-OH is 1. The molecule has 1 heterocycles. The number of aromatic nitrogens is 1. The van der Waals surface area contributed by atoms with Crippen LogP contribution in [-0.4, -0.2) is 16.7 Å². The van der Waals surface area contributed by atoms with Crippen LogP contribution in [0.15, 0.2) is 36.5 Å². The molecule has 0 atom stereocenters. The number of para-hydroxylation sites is 1. The van der Waals surface area contributed by atoms with Gasteiger partial charge in [0, 0.05) is 6.20 Å². The van der Waals surface area contributed by atoms with Gasteiger partial charge in [0.25, 0.3) is 0 Å². The minimum absolute atomic E-state index is 0.0805. The molecule has 66 valence electrons. The number of rotatable bonds is 2. The molecular weight excluding hydrogens is 162 g/mol. The molecule has 0 aliphatic heterocycles. The fraction of sp³-hybridized carbons (Fsp3) is 0.0909. The van der Waals surface area contributed by atoms with E-state index in [1.165, 1.54) is 5.39 Å². The SMILES string of the molecule is OC/C=C/c1cccc2cc[nH]c12. The van der Waals surface area contributed by atoms with Gasteiger partial charge in [-0.25, -0.2) is 0 Å². The highest BCUT2D eigenvalue weighted by Gasteiger charge is 1.96. The van der Waals surface area contributed by atoms with Crippen molar-refractivity contribution < 1.29 is 5.11 Å². The van der Waals surface area contributed by atoms with Gasteiger partial charge in [-0.05, 0) is 17.0 Å². The minimum atomic E-state index is 0.0805. The summed E-state index contributed by atoms with van der Waals surface area (Å²) >= 11 is 0. The summed E-state index contributed by atoms with van der Waals surface area (Å²) in [5.74, 6) is 0. The zero-order valence-corrected chi connectivity index (χ0v) is 7.20. The summed E-state index contributed by atoms with van der Waals surface area (Å²) in [6.45, 7) is 0.0805. The number of fused-ring (bicyclic) bond motifs is 1. The molecule has 2 heteroatoms. The van der Waals surface area contributed by atoms with Crippen molar-refractivity contribution >= 4 is 17.0 Å². The Morgan fingerprint density at radius 2 is 2.23 bits per heavy atom. The first-order valence-corrected chi connectivity index (χ1v) is 4.25. The summed E-state index contributed by atoms with van der Waals surface area (Å²) < 4.78 is 0. The summed E-state index contributed by atoms with van der Waals surface area (Å²) in [6, 6.07) is 8.12. The monoisotopic (exact) mass is 173 g/mol. The third-order valence-electron chi connectivity index (χ3n) is 2.02. The largest absolute Gasteiger partial charge is 0.392 e. The summed E-state index contributed by atoms with van der Waals surface area (Å²) in [5, 5.41) is 9.85. The van der Waals surface area contributed by atoms with Gasteiger partial charge in [-0.3, -0.25) is 0 Å². The van der Waals surface area contributed by atoms with Crippen molar-refractivity contribution in [1.29, 1.82) is 0 Å². The van der Waals surface area contributed by atoms with Crippen molar-refractivity contribution in [3.63, 3.8) is 0 Å². The van der Waals surface area contributed by atoms with Gasteiger partial charge in [-0.15, -0.1) is 0 Å². The summed E-state index contributed by atoms with van der Waals surface area (Å²) in [4.78, 5) is 3.16. The van der Waals surface area contributed by atoms with Crippen LogP contribution >= 0.6 is 0 Å². The first kappa shape index (κ1) is 8.08. The van der Waals surface area contributed by atoms with Crippen molar-refractivity contribution in [2.24, 2.45) is 0 Å². The number of hydrogen-bond acceptors (Lipinski definition) is 1. The van der Waals surface area contributed by atoms with Crippen LogP contribution in [0.4, 0.5) is 0 Å². The van der Waals surface area contributed by atoms with E-state index < -0.39 is 0 Å². The molecule has 2 nitrogen and oxygen atoms in total. The van der Waals surface area contributed by atoms with Crippen molar-refractivity contribution in [2.45, 2.75) is 0 Å². The van der Waals surface area contributed by atoms with Crippen LogP contribution in [0.5, 0.6) is 0 Å². The molecule has 0 unspecified atom stereocenters. The van der Waals surface area contributed by atoms with E-state index in [0.29, 0.717) is 0 Å². The molecule has 1 aromatic heterocycles. The maximum atomic E-state index is 8.65. The lowest BCUT2D eigenvalue weighted by molar-refractivity contribution is 0.343. The van der Waals surface area contributed by atoms with Crippen LogP contribution in [0.3, 0.4) is 0 Å². The molecule has 0 bridgehead atoms. The molecule has 0 fully saturated rings. The Kier molecular flexibility index (Phi) is 2.15. The highest BCUT2D eigenvalue weighted by atomic mass is 16.2. The molecule has 2 rings (SSSR count). The van der Waals surface area contributed by atoms with Crippen LogP contribution in [0.1, 0.15) is 5.56 Å². The van der Waals surface area contributed by atoms with E-state index in [0.717, 1.165) is 11.1 Å². The number of H-pyrrole nitrogens is 1. The van der Waals surface area contributed by atoms with Gasteiger partial charge in [0.2, 0.25) is 0 Å². The van der Waals surface area contributed by atoms with E-state index in [1.54, 1.807) is 6.08 Å². The molecule has 0 saturated carbocycles. The fourth-order valence-electron chi connectivity index (χ4n) is 1.43. The van der Waals surface area contributed by atoms with Crippen molar-refractivity contribution in [3.05, 3.63) is 42.1 Å². The maximum Gasteiger partial charge on any atom is 0.0615 e. The number of benzene rings is 1. The van der Waals surface area contributed by atoms with Gasteiger partial charge in [0.05, 0.1) is 12.1 Å². The van der Waals surface area contributed by atoms with Gasteiger partial charge < -0.3 is 10.1 Å². The summed E-state index contributed by atoms with van der Waals surface area (Å²) in [7, 11) is 0. The average molecular weight is 173 g/mol. The lowest BCUT2D eigenvalue weighted by Crippen LogP contribution is -1.77. The molecule has 13 heavy (non-hydrogen) atoms. The van der Waals surface area contributed by atoms with Crippen molar-refractivity contribution in [2.75, 3.05) is 6.61 Å². The lowest BCUT2D eigenvalue weighted by Gasteiger charge is -1.95. The average Bonchev–Trinajstić information content (AvgIpc) is 2.62. The molecule has 0 radical (unpaired) electrons. The van der Waals surface area contributed by atoms with Gasteiger partial charge >= 0.3 is 0 Å². The van der Waals surface area contributed by atoms with Crippen LogP contribution < -0.4 is 0 Å². The highest BCUT2D eigenvalue weighted by Crippen LogP contribution is 2.17. The number of aromatic amines is 1. The predicted molar refractivity (Wildman–Crippen MR) is 54.4 cm³/mol. The highest BCUT2D eigenvalue weighted by molar-refractivity contribution is 5.87. The topological polar surface area (TPSA) is 36.0 Å². The third-order valence-corrected chi connectivity index (χ3v) is 2.02.